The van der Waals surface area contributed by atoms with Crippen LogP contribution in [0.3, 0.4) is 0 Å². The lowest BCUT2D eigenvalue weighted by Gasteiger charge is -2.12. The van der Waals surface area contributed by atoms with Crippen molar-refractivity contribution in [3.8, 4) is 0 Å². The van der Waals surface area contributed by atoms with Crippen molar-refractivity contribution in [1.29, 1.82) is 0 Å². The molecule has 19 heavy (non-hydrogen) atoms. The van der Waals surface area contributed by atoms with Gasteiger partial charge in [-0.3, -0.25) is 4.79 Å². The second-order valence-corrected chi connectivity index (χ2v) is 4.37. The van der Waals surface area contributed by atoms with Gasteiger partial charge in [-0.15, -0.1) is 0 Å². The van der Waals surface area contributed by atoms with E-state index >= 15 is 0 Å². The maximum atomic E-state index is 11.3. The van der Waals surface area contributed by atoms with Crippen LogP contribution in [0, 0.1) is 6.92 Å². The number of aryl methyl sites for hydroxylation is 1. The summed E-state index contributed by atoms with van der Waals surface area (Å²) in [4.78, 5) is 11.3. The molecule has 0 saturated carbocycles. The smallest absolute Gasteiger partial charge is 0.312 e. The molecule has 0 fully saturated rings. The van der Waals surface area contributed by atoms with E-state index in [1.165, 1.54) is 0 Å². The van der Waals surface area contributed by atoms with E-state index in [1.54, 1.807) is 0 Å². The first kappa shape index (κ1) is 13.3. The van der Waals surface area contributed by atoms with E-state index in [1.807, 2.05) is 43.3 Å². The van der Waals surface area contributed by atoms with Crippen molar-refractivity contribution >= 4 is 5.97 Å². The van der Waals surface area contributed by atoms with E-state index in [0.29, 0.717) is 18.8 Å². The van der Waals surface area contributed by atoms with Crippen molar-refractivity contribution < 1.29 is 14.4 Å². The number of nitrogens with one attached hydrogen (secondary N) is 1. The molecule has 0 aliphatic carbocycles. The van der Waals surface area contributed by atoms with Gasteiger partial charge in [-0.05, 0) is 12.5 Å². The fourth-order valence-corrected chi connectivity index (χ4v) is 1.87. The molecule has 0 aliphatic rings. The van der Waals surface area contributed by atoms with Gasteiger partial charge in [0.05, 0.1) is 18.2 Å². The van der Waals surface area contributed by atoms with Crippen molar-refractivity contribution in [3.63, 3.8) is 0 Å². The van der Waals surface area contributed by atoms with Crippen molar-refractivity contribution in [2.75, 3.05) is 6.54 Å². The van der Waals surface area contributed by atoms with E-state index in [9.17, 15) is 9.90 Å². The van der Waals surface area contributed by atoms with E-state index in [2.05, 4.69) is 10.5 Å². The van der Waals surface area contributed by atoms with Crippen LogP contribution in [-0.4, -0.2) is 22.8 Å². The van der Waals surface area contributed by atoms with Crippen LogP contribution in [0.25, 0.3) is 0 Å². The maximum absolute atomic E-state index is 11.3. The van der Waals surface area contributed by atoms with E-state index in [4.69, 9.17) is 4.52 Å². The third-order valence-corrected chi connectivity index (χ3v) is 2.82. The monoisotopic (exact) mass is 260 g/mol. The standard InChI is InChI=1S/C14H16N2O3/c1-10-7-12(19-16-10)8-15-9-13(14(17)18)11-5-3-2-4-6-11/h2-7,13,15H,8-9H2,1H3,(H,17,18). The van der Waals surface area contributed by atoms with Crippen LogP contribution >= 0.6 is 0 Å². The molecule has 2 N–H and O–H groups in total. The third kappa shape index (κ3) is 3.66. The zero-order valence-electron chi connectivity index (χ0n) is 10.7. The number of rotatable bonds is 6. The fraction of sp³-hybridized carbons (Fsp3) is 0.286. The second kappa shape index (κ2) is 6.15. The second-order valence-electron chi connectivity index (χ2n) is 4.37. The van der Waals surface area contributed by atoms with Gasteiger partial charge in [0, 0.05) is 12.6 Å². The van der Waals surface area contributed by atoms with Gasteiger partial charge < -0.3 is 14.9 Å². The van der Waals surface area contributed by atoms with E-state index < -0.39 is 11.9 Å². The topological polar surface area (TPSA) is 75.4 Å². The quantitative estimate of drug-likeness (QED) is 0.830. The van der Waals surface area contributed by atoms with Gasteiger partial charge in [0.2, 0.25) is 0 Å². The number of carboxylic acid groups (broad SMARTS) is 1. The number of aromatic nitrogens is 1. The fourth-order valence-electron chi connectivity index (χ4n) is 1.87. The molecule has 0 saturated heterocycles. The first-order valence-corrected chi connectivity index (χ1v) is 6.07. The third-order valence-electron chi connectivity index (χ3n) is 2.82. The van der Waals surface area contributed by atoms with E-state index in [-0.39, 0.29) is 0 Å². The van der Waals surface area contributed by atoms with Crippen molar-refractivity contribution in [2.24, 2.45) is 0 Å². The summed E-state index contributed by atoms with van der Waals surface area (Å²) in [7, 11) is 0. The summed E-state index contributed by atoms with van der Waals surface area (Å²) in [5.41, 5.74) is 1.60. The van der Waals surface area contributed by atoms with Crippen LogP contribution in [0.5, 0.6) is 0 Å². The van der Waals surface area contributed by atoms with Crippen LogP contribution in [0.15, 0.2) is 40.9 Å². The maximum Gasteiger partial charge on any atom is 0.312 e. The number of benzene rings is 1. The molecule has 1 atom stereocenters. The zero-order chi connectivity index (χ0) is 13.7. The highest BCUT2D eigenvalue weighted by Crippen LogP contribution is 2.15. The van der Waals surface area contributed by atoms with Crippen LogP contribution in [0.4, 0.5) is 0 Å². The Morgan fingerprint density at radius 3 is 2.74 bits per heavy atom. The summed E-state index contributed by atoms with van der Waals surface area (Å²) in [5.74, 6) is -0.702. The van der Waals surface area contributed by atoms with Gasteiger partial charge in [-0.1, -0.05) is 35.5 Å². The molecule has 5 nitrogen and oxygen atoms in total. The Morgan fingerprint density at radius 1 is 1.42 bits per heavy atom. The Labute approximate surface area is 111 Å². The van der Waals surface area contributed by atoms with Crippen molar-refractivity contribution in [2.45, 2.75) is 19.4 Å². The van der Waals surface area contributed by atoms with Crippen LogP contribution in [0.1, 0.15) is 22.9 Å². The summed E-state index contributed by atoms with van der Waals surface area (Å²) in [5, 5.41) is 16.1. The molecular formula is C14H16N2O3. The molecular weight excluding hydrogens is 244 g/mol. The molecule has 1 heterocycles. The molecule has 100 valence electrons. The highest BCUT2D eigenvalue weighted by molar-refractivity contribution is 5.76. The number of nitrogens with zero attached hydrogens (tertiary/aromatic N) is 1. The summed E-state index contributed by atoms with van der Waals surface area (Å²) in [6.07, 6.45) is 0. The minimum atomic E-state index is -0.840. The highest BCUT2D eigenvalue weighted by Gasteiger charge is 2.19. The SMILES string of the molecule is Cc1cc(CNCC(C(=O)O)c2ccccc2)on1. The normalized spacial score (nSPS) is 12.3. The van der Waals surface area contributed by atoms with E-state index in [0.717, 1.165) is 11.3 Å². The minimum Gasteiger partial charge on any atom is -0.481 e. The summed E-state index contributed by atoms with van der Waals surface area (Å²) >= 11 is 0. The van der Waals surface area contributed by atoms with Crippen LogP contribution in [0.2, 0.25) is 0 Å². The zero-order valence-corrected chi connectivity index (χ0v) is 10.7. The molecule has 1 aromatic carbocycles. The molecule has 2 aromatic rings. The summed E-state index contributed by atoms with van der Waals surface area (Å²) < 4.78 is 5.05. The van der Waals surface area contributed by atoms with Gasteiger partial charge in [-0.25, -0.2) is 0 Å². The van der Waals surface area contributed by atoms with Gasteiger partial charge in [0.25, 0.3) is 0 Å². The Kier molecular flexibility index (Phi) is 4.30. The molecule has 2 rings (SSSR count). The lowest BCUT2D eigenvalue weighted by atomic mass is 9.99. The largest absolute Gasteiger partial charge is 0.481 e. The number of hydrogen-bond acceptors (Lipinski definition) is 4. The average Bonchev–Trinajstić information content (AvgIpc) is 2.81. The molecule has 1 unspecified atom stereocenters. The Hall–Kier alpha value is -2.14. The van der Waals surface area contributed by atoms with Gasteiger partial charge >= 0.3 is 5.97 Å². The first-order valence-electron chi connectivity index (χ1n) is 6.07. The average molecular weight is 260 g/mol. The number of carboxylic acids is 1. The molecule has 0 aliphatic heterocycles. The van der Waals surface area contributed by atoms with Crippen LogP contribution in [-0.2, 0) is 11.3 Å². The number of hydrogen-bond donors (Lipinski definition) is 2. The Morgan fingerprint density at radius 2 is 2.16 bits per heavy atom. The molecule has 0 bridgehead atoms. The minimum absolute atomic E-state index is 0.346. The molecule has 0 amide bonds. The predicted molar refractivity (Wildman–Crippen MR) is 69.8 cm³/mol. The lowest BCUT2D eigenvalue weighted by Crippen LogP contribution is -2.26. The van der Waals surface area contributed by atoms with Crippen molar-refractivity contribution in [1.82, 2.24) is 10.5 Å². The van der Waals surface area contributed by atoms with Gasteiger partial charge in [0.1, 0.15) is 0 Å². The number of carbonyl (C=O) groups is 1. The highest BCUT2D eigenvalue weighted by atomic mass is 16.5. The predicted octanol–water partition coefficient (Wildman–Crippen LogP) is 1.94. The summed E-state index contributed by atoms with van der Waals surface area (Å²) in [6.45, 7) is 2.66. The molecule has 5 heteroatoms. The Bertz CT molecular complexity index is 537. The molecule has 1 aromatic heterocycles. The lowest BCUT2D eigenvalue weighted by molar-refractivity contribution is -0.138. The first-order chi connectivity index (χ1) is 9.16. The van der Waals surface area contributed by atoms with Gasteiger partial charge in [-0.2, -0.15) is 0 Å². The molecule has 0 radical (unpaired) electrons. The van der Waals surface area contributed by atoms with Crippen LogP contribution < -0.4 is 5.32 Å². The Balaban J connectivity index is 1.93. The van der Waals surface area contributed by atoms with Gasteiger partial charge in [0.15, 0.2) is 5.76 Å². The summed E-state index contributed by atoms with van der Waals surface area (Å²) in [6, 6.07) is 11.0. The number of aliphatic carboxylic acids is 1. The van der Waals surface area contributed by atoms with Crippen molar-refractivity contribution in [3.05, 3.63) is 53.4 Å². The molecule has 0 spiro atoms.